The van der Waals surface area contributed by atoms with E-state index in [0.717, 1.165) is 39.2 Å². The van der Waals surface area contributed by atoms with Gasteiger partial charge in [0, 0.05) is 26.3 Å². The van der Waals surface area contributed by atoms with E-state index in [1.54, 1.807) is 0 Å². The van der Waals surface area contributed by atoms with Crippen molar-refractivity contribution in [1.82, 2.24) is 5.32 Å². The van der Waals surface area contributed by atoms with Crippen LogP contribution in [0.1, 0.15) is 45.4 Å². The van der Waals surface area contributed by atoms with E-state index in [1.165, 1.54) is 25.7 Å². The Morgan fingerprint density at radius 1 is 1.37 bits per heavy atom. The SMILES string of the molecule is CCCCCCOCC(O)CNCC1CCCOC1. The van der Waals surface area contributed by atoms with Crippen molar-refractivity contribution >= 4 is 0 Å². The minimum atomic E-state index is -0.393. The highest BCUT2D eigenvalue weighted by Crippen LogP contribution is 2.11. The van der Waals surface area contributed by atoms with Crippen LogP contribution >= 0.6 is 0 Å². The molecule has 4 heteroatoms. The predicted octanol–water partition coefficient (Wildman–Crippen LogP) is 1.96. The van der Waals surface area contributed by atoms with Crippen LogP contribution in [-0.2, 0) is 9.47 Å². The lowest BCUT2D eigenvalue weighted by Gasteiger charge is -2.23. The minimum absolute atomic E-state index is 0.393. The predicted molar refractivity (Wildman–Crippen MR) is 77.4 cm³/mol. The smallest absolute Gasteiger partial charge is 0.0897 e. The van der Waals surface area contributed by atoms with Crippen molar-refractivity contribution in [2.75, 3.05) is 39.5 Å². The summed E-state index contributed by atoms with van der Waals surface area (Å²) < 4.78 is 10.9. The van der Waals surface area contributed by atoms with Crippen molar-refractivity contribution < 1.29 is 14.6 Å². The standard InChI is InChI=1S/C15H31NO3/c1-2-3-4-5-8-19-13-15(17)11-16-10-14-7-6-9-18-12-14/h14-17H,2-13H2,1H3. The fourth-order valence-corrected chi connectivity index (χ4v) is 2.33. The molecule has 0 bridgehead atoms. The Bertz CT molecular complexity index is 196. The molecular weight excluding hydrogens is 242 g/mol. The Morgan fingerprint density at radius 2 is 2.26 bits per heavy atom. The Kier molecular flexibility index (Phi) is 10.4. The Morgan fingerprint density at radius 3 is 3.00 bits per heavy atom. The number of hydrogen-bond acceptors (Lipinski definition) is 4. The molecule has 1 saturated heterocycles. The van der Waals surface area contributed by atoms with Crippen LogP contribution in [0.3, 0.4) is 0 Å². The molecule has 0 aromatic rings. The van der Waals surface area contributed by atoms with Crippen LogP contribution in [0.25, 0.3) is 0 Å². The summed E-state index contributed by atoms with van der Waals surface area (Å²) in [6.45, 7) is 6.74. The Balaban J connectivity index is 1.85. The van der Waals surface area contributed by atoms with Gasteiger partial charge < -0.3 is 19.9 Å². The van der Waals surface area contributed by atoms with Crippen LogP contribution in [0, 0.1) is 5.92 Å². The van der Waals surface area contributed by atoms with Crippen LogP contribution < -0.4 is 5.32 Å². The molecule has 0 amide bonds. The van der Waals surface area contributed by atoms with E-state index in [-0.39, 0.29) is 0 Å². The molecule has 19 heavy (non-hydrogen) atoms. The molecule has 0 aromatic heterocycles. The van der Waals surface area contributed by atoms with Gasteiger partial charge in [-0.15, -0.1) is 0 Å². The molecule has 1 fully saturated rings. The summed E-state index contributed by atoms with van der Waals surface area (Å²) in [7, 11) is 0. The van der Waals surface area contributed by atoms with Crippen molar-refractivity contribution in [2.45, 2.75) is 51.6 Å². The van der Waals surface area contributed by atoms with Crippen molar-refractivity contribution in [3.8, 4) is 0 Å². The number of aliphatic hydroxyl groups excluding tert-OH is 1. The molecule has 1 aliphatic heterocycles. The lowest BCUT2D eigenvalue weighted by atomic mass is 10.0. The highest BCUT2D eigenvalue weighted by Gasteiger charge is 2.13. The van der Waals surface area contributed by atoms with E-state index in [2.05, 4.69) is 12.2 Å². The second kappa shape index (κ2) is 11.6. The first-order valence-electron chi connectivity index (χ1n) is 7.87. The summed E-state index contributed by atoms with van der Waals surface area (Å²) in [5, 5.41) is 13.1. The quantitative estimate of drug-likeness (QED) is 0.565. The molecular formula is C15H31NO3. The molecule has 2 unspecified atom stereocenters. The van der Waals surface area contributed by atoms with E-state index < -0.39 is 6.10 Å². The molecule has 2 atom stereocenters. The third-order valence-corrected chi connectivity index (χ3v) is 3.52. The second-order valence-electron chi connectivity index (χ2n) is 5.53. The maximum atomic E-state index is 9.76. The van der Waals surface area contributed by atoms with E-state index in [0.29, 0.717) is 19.1 Å². The average Bonchev–Trinajstić information content (AvgIpc) is 2.44. The van der Waals surface area contributed by atoms with Gasteiger partial charge in [0.1, 0.15) is 0 Å². The van der Waals surface area contributed by atoms with Gasteiger partial charge in [-0.25, -0.2) is 0 Å². The van der Waals surface area contributed by atoms with E-state index in [1.807, 2.05) is 0 Å². The van der Waals surface area contributed by atoms with Crippen LogP contribution in [0.4, 0.5) is 0 Å². The maximum Gasteiger partial charge on any atom is 0.0897 e. The van der Waals surface area contributed by atoms with Gasteiger partial charge in [-0.05, 0) is 25.2 Å². The normalized spacial score (nSPS) is 21.5. The minimum Gasteiger partial charge on any atom is -0.389 e. The van der Waals surface area contributed by atoms with Gasteiger partial charge in [0.05, 0.1) is 19.3 Å². The molecule has 4 nitrogen and oxygen atoms in total. The van der Waals surface area contributed by atoms with Gasteiger partial charge >= 0.3 is 0 Å². The molecule has 0 saturated carbocycles. The van der Waals surface area contributed by atoms with Crippen molar-refractivity contribution in [2.24, 2.45) is 5.92 Å². The number of nitrogens with one attached hydrogen (secondary N) is 1. The molecule has 114 valence electrons. The second-order valence-corrected chi connectivity index (χ2v) is 5.53. The van der Waals surface area contributed by atoms with Crippen molar-refractivity contribution in [3.63, 3.8) is 0 Å². The highest BCUT2D eigenvalue weighted by molar-refractivity contribution is 4.67. The molecule has 0 aromatic carbocycles. The first-order valence-corrected chi connectivity index (χ1v) is 7.87. The number of aliphatic hydroxyl groups is 1. The molecule has 1 heterocycles. The number of unbranched alkanes of at least 4 members (excludes halogenated alkanes) is 3. The summed E-state index contributed by atoms with van der Waals surface area (Å²) in [6, 6.07) is 0. The fourth-order valence-electron chi connectivity index (χ4n) is 2.33. The van der Waals surface area contributed by atoms with Gasteiger partial charge in [0.25, 0.3) is 0 Å². The highest BCUT2D eigenvalue weighted by atomic mass is 16.5. The van der Waals surface area contributed by atoms with E-state index >= 15 is 0 Å². The fraction of sp³-hybridized carbons (Fsp3) is 1.00. The van der Waals surface area contributed by atoms with Crippen LogP contribution in [0.15, 0.2) is 0 Å². The van der Waals surface area contributed by atoms with Crippen LogP contribution in [0.5, 0.6) is 0 Å². The third kappa shape index (κ3) is 9.38. The summed E-state index contributed by atoms with van der Waals surface area (Å²) in [6.07, 6.45) is 6.86. The largest absolute Gasteiger partial charge is 0.389 e. The van der Waals surface area contributed by atoms with E-state index in [9.17, 15) is 5.11 Å². The van der Waals surface area contributed by atoms with Gasteiger partial charge in [0.2, 0.25) is 0 Å². The maximum absolute atomic E-state index is 9.76. The number of hydrogen-bond donors (Lipinski definition) is 2. The Labute approximate surface area is 117 Å². The van der Waals surface area contributed by atoms with Gasteiger partial charge in [-0.3, -0.25) is 0 Å². The van der Waals surface area contributed by atoms with E-state index in [4.69, 9.17) is 9.47 Å². The summed E-state index contributed by atoms with van der Waals surface area (Å²) in [5.41, 5.74) is 0. The molecule has 1 aliphatic rings. The molecule has 0 radical (unpaired) electrons. The molecule has 0 aliphatic carbocycles. The van der Waals surface area contributed by atoms with Crippen molar-refractivity contribution in [3.05, 3.63) is 0 Å². The Hall–Kier alpha value is -0.160. The van der Waals surface area contributed by atoms with Gasteiger partial charge in [-0.1, -0.05) is 26.2 Å². The zero-order valence-corrected chi connectivity index (χ0v) is 12.4. The third-order valence-electron chi connectivity index (χ3n) is 3.52. The molecule has 2 N–H and O–H groups in total. The van der Waals surface area contributed by atoms with Crippen LogP contribution in [0.2, 0.25) is 0 Å². The lowest BCUT2D eigenvalue weighted by Crippen LogP contribution is -2.35. The average molecular weight is 273 g/mol. The summed E-state index contributed by atoms with van der Waals surface area (Å²) in [4.78, 5) is 0. The first kappa shape index (κ1) is 16.9. The molecule has 1 rings (SSSR count). The topological polar surface area (TPSA) is 50.7 Å². The van der Waals surface area contributed by atoms with Crippen molar-refractivity contribution in [1.29, 1.82) is 0 Å². The number of ether oxygens (including phenoxy) is 2. The molecule has 0 spiro atoms. The van der Waals surface area contributed by atoms with Gasteiger partial charge in [0.15, 0.2) is 0 Å². The van der Waals surface area contributed by atoms with Crippen LogP contribution in [-0.4, -0.2) is 50.7 Å². The first-order chi connectivity index (χ1) is 9.33. The monoisotopic (exact) mass is 273 g/mol. The zero-order valence-electron chi connectivity index (χ0n) is 12.4. The summed E-state index contributed by atoms with van der Waals surface area (Å²) in [5.74, 6) is 0.607. The zero-order chi connectivity index (χ0) is 13.8. The van der Waals surface area contributed by atoms with Gasteiger partial charge in [-0.2, -0.15) is 0 Å². The lowest BCUT2D eigenvalue weighted by molar-refractivity contribution is 0.0304. The number of rotatable bonds is 11. The summed E-state index contributed by atoms with van der Waals surface area (Å²) >= 11 is 0.